The third kappa shape index (κ3) is 5.60. The molecule has 0 saturated carbocycles. The van der Waals surface area contributed by atoms with Gasteiger partial charge in [0.15, 0.2) is 11.6 Å². The molecular weight excluding hydrogens is 364 g/mol. The lowest BCUT2D eigenvalue weighted by atomic mass is 10.0. The molecule has 0 saturated heterocycles. The fraction of sp³-hybridized carbons (Fsp3) is 0.304. The summed E-state index contributed by atoms with van der Waals surface area (Å²) in [7, 11) is 1.69. The van der Waals surface area contributed by atoms with Crippen LogP contribution in [0.1, 0.15) is 36.6 Å². The summed E-state index contributed by atoms with van der Waals surface area (Å²) in [5.74, 6) is 2.53. The molecule has 0 radical (unpaired) electrons. The first-order valence-corrected chi connectivity index (χ1v) is 9.90. The molecular formula is C23H28N4O2. The van der Waals surface area contributed by atoms with Gasteiger partial charge in [0, 0.05) is 0 Å². The largest absolute Gasteiger partial charge is 0.497 e. The molecule has 0 aliphatic carbocycles. The van der Waals surface area contributed by atoms with Crippen molar-refractivity contribution in [2.24, 2.45) is 0 Å². The monoisotopic (exact) mass is 392 g/mol. The second kappa shape index (κ2) is 9.78. The average Bonchev–Trinajstić information content (AvgIpc) is 2.73. The lowest BCUT2D eigenvalue weighted by molar-refractivity contribution is 0.414. The highest BCUT2D eigenvalue weighted by molar-refractivity contribution is 5.53. The van der Waals surface area contributed by atoms with Gasteiger partial charge in [0.1, 0.15) is 11.5 Å². The Morgan fingerprint density at radius 3 is 2.28 bits per heavy atom. The zero-order chi connectivity index (χ0) is 20.6. The van der Waals surface area contributed by atoms with Crippen LogP contribution in [-0.2, 0) is 19.3 Å². The number of nitrogens with two attached hydrogens (primary N) is 2. The van der Waals surface area contributed by atoms with Crippen molar-refractivity contribution in [3.05, 3.63) is 65.4 Å². The highest BCUT2D eigenvalue weighted by atomic mass is 16.5. The lowest BCUT2D eigenvalue weighted by Gasteiger charge is -2.13. The number of anilines is 2. The van der Waals surface area contributed by atoms with E-state index in [9.17, 15) is 0 Å². The molecule has 0 amide bonds. The van der Waals surface area contributed by atoms with Crippen LogP contribution in [-0.4, -0.2) is 17.1 Å². The van der Waals surface area contributed by atoms with Crippen molar-refractivity contribution >= 4 is 11.8 Å². The van der Waals surface area contributed by atoms with Crippen LogP contribution in [0, 0.1) is 0 Å². The zero-order valence-electron chi connectivity index (χ0n) is 17.0. The van der Waals surface area contributed by atoms with Crippen LogP contribution >= 0.6 is 0 Å². The minimum absolute atomic E-state index is 0.164. The van der Waals surface area contributed by atoms with Crippen molar-refractivity contribution < 1.29 is 9.47 Å². The van der Waals surface area contributed by atoms with Crippen LogP contribution < -0.4 is 20.9 Å². The molecule has 6 nitrogen and oxygen atoms in total. The Morgan fingerprint density at radius 1 is 0.862 bits per heavy atom. The minimum atomic E-state index is 0.164. The minimum Gasteiger partial charge on any atom is -0.497 e. The molecule has 2 aromatic carbocycles. The van der Waals surface area contributed by atoms with Crippen LogP contribution in [0.3, 0.4) is 0 Å². The van der Waals surface area contributed by atoms with Crippen molar-refractivity contribution in [2.75, 3.05) is 18.6 Å². The number of hydrogen-bond acceptors (Lipinski definition) is 6. The van der Waals surface area contributed by atoms with E-state index in [4.69, 9.17) is 20.9 Å². The normalized spacial score (nSPS) is 10.7. The van der Waals surface area contributed by atoms with Gasteiger partial charge in [-0.15, -0.1) is 0 Å². The number of methoxy groups -OCH3 is 1. The van der Waals surface area contributed by atoms with E-state index in [0.29, 0.717) is 17.9 Å². The first-order valence-electron chi connectivity index (χ1n) is 9.90. The molecule has 3 aromatic rings. The summed E-state index contributed by atoms with van der Waals surface area (Å²) >= 11 is 0. The Morgan fingerprint density at radius 2 is 1.59 bits per heavy atom. The quantitative estimate of drug-likeness (QED) is 0.518. The molecule has 1 aromatic heterocycles. The second-order valence-electron chi connectivity index (χ2n) is 6.90. The molecule has 4 N–H and O–H groups in total. The predicted molar refractivity (Wildman–Crippen MR) is 116 cm³/mol. The fourth-order valence-electron chi connectivity index (χ4n) is 3.22. The summed E-state index contributed by atoms with van der Waals surface area (Å²) in [6.45, 7) is 1.98. The number of benzene rings is 2. The highest BCUT2D eigenvalue weighted by Crippen LogP contribution is 2.30. The van der Waals surface area contributed by atoms with Crippen molar-refractivity contribution in [3.8, 4) is 17.2 Å². The summed E-state index contributed by atoms with van der Waals surface area (Å²) in [5, 5.41) is 0. The maximum absolute atomic E-state index is 6.01. The van der Waals surface area contributed by atoms with Gasteiger partial charge in [-0.05, 0) is 67.5 Å². The van der Waals surface area contributed by atoms with E-state index < -0.39 is 0 Å². The molecule has 3 rings (SSSR count). The van der Waals surface area contributed by atoms with Crippen LogP contribution in [0.25, 0.3) is 0 Å². The zero-order valence-corrected chi connectivity index (χ0v) is 17.0. The molecule has 0 aliphatic heterocycles. The van der Waals surface area contributed by atoms with Crippen LogP contribution in [0.4, 0.5) is 11.8 Å². The molecule has 152 valence electrons. The predicted octanol–water partition coefficient (Wildman–Crippen LogP) is 4.57. The average molecular weight is 393 g/mol. The van der Waals surface area contributed by atoms with E-state index in [2.05, 4.69) is 28.2 Å². The fourth-order valence-corrected chi connectivity index (χ4v) is 3.22. The molecule has 0 aliphatic rings. The van der Waals surface area contributed by atoms with E-state index in [1.165, 1.54) is 11.1 Å². The number of aromatic nitrogens is 2. The Kier molecular flexibility index (Phi) is 6.89. The Balaban J connectivity index is 1.57. The molecule has 0 bridgehead atoms. The van der Waals surface area contributed by atoms with E-state index in [-0.39, 0.29) is 11.8 Å². The van der Waals surface area contributed by atoms with E-state index >= 15 is 0 Å². The maximum Gasteiger partial charge on any atom is 0.222 e. The van der Waals surface area contributed by atoms with Crippen LogP contribution in [0.15, 0.2) is 48.5 Å². The Labute approximate surface area is 171 Å². The third-order valence-corrected chi connectivity index (χ3v) is 4.77. The van der Waals surface area contributed by atoms with Crippen molar-refractivity contribution in [1.82, 2.24) is 9.97 Å². The van der Waals surface area contributed by atoms with Crippen LogP contribution in [0.5, 0.6) is 17.2 Å². The number of nitrogen functional groups attached to an aromatic ring is 2. The van der Waals surface area contributed by atoms with Crippen molar-refractivity contribution in [3.63, 3.8) is 0 Å². The number of ether oxygens (including phenoxy) is 2. The molecule has 1 heterocycles. The van der Waals surface area contributed by atoms with Gasteiger partial charge in [0.2, 0.25) is 5.95 Å². The van der Waals surface area contributed by atoms with Gasteiger partial charge in [0.05, 0.1) is 12.8 Å². The molecule has 0 spiro atoms. The number of rotatable bonds is 9. The molecule has 29 heavy (non-hydrogen) atoms. The Bertz CT molecular complexity index is 942. The van der Waals surface area contributed by atoms with Crippen molar-refractivity contribution in [1.29, 1.82) is 0 Å². The van der Waals surface area contributed by atoms with Gasteiger partial charge in [-0.3, -0.25) is 0 Å². The van der Waals surface area contributed by atoms with Gasteiger partial charge < -0.3 is 20.9 Å². The highest BCUT2D eigenvalue weighted by Gasteiger charge is 2.13. The van der Waals surface area contributed by atoms with E-state index in [1.54, 1.807) is 7.11 Å². The first kappa shape index (κ1) is 20.5. The lowest BCUT2D eigenvalue weighted by Crippen LogP contribution is -2.06. The topological polar surface area (TPSA) is 96.3 Å². The summed E-state index contributed by atoms with van der Waals surface area (Å²) < 4.78 is 11.2. The standard InChI is InChI=1S/C23H28N4O2/c1-3-20-21(22(24)27-23(25)26-20)29-19-10-6-9-17(15-19)8-5-4-7-16-11-13-18(28-2)14-12-16/h6,9-15H,3-5,7-8H2,1-2H3,(H4,24,25,26,27). The molecule has 0 fully saturated rings. The number of nitrogens with zero attached hydrogens (tertiary/aromatic N) is 2. The summed E-state index contributed by atoms with van der Waals surface area (Å²) in [5.41, 5.74) is 14.9. The number of hydrogen-bond donors (Lipinski definition) is 2. The number of unbranched alkanes of at least 4 members (excludes halogenated alkanes) is 1. The molecule has 0 atom stereocenters. The first-order chi connectivity index (χ1) is 14.1. The van der Waals surface area contributed by atoms with Gasteiger partial charge in [-0.25, -0.2) is 4.98 Å². The molecule has 6 heteroatoms. The third-order valence-electron chi connectivity index (χ3n) is 4.77. The van der Waals surface area contributed by atoms with Gasteiger partial charge in [-0.1, -0.05) is 31.2 Å². The number of aryl methyl sites for hydroxylation is 3. The van der Waals surface area contributed by atoms with Gasteiger partial charge in [-0.2, -0.15) is 4.98 Å². The maximum atomic E-state index is 6.01. The van der Waals surface area contributed by atoms with Crippen molar-refractivity contribution in [2.45, 2.75) is 39.0 Å². The van der Waals surface area contributed by atoms with Gasteiger partial charge >= 0.3 is 0 Å². The summed E-state index contributed by atoms with van der Waals surface area (Å²) in [6.07, 6.45) is 4.93. The summed E-state index contributed by atoms with van der Waals surface area (Å²) in [6, 6.07) is 16.3. The summed E-state index contributed by atoms with van der Waals surface area (Å²) in [4.78, 5) is 8.24. The molecule has 0 unspecified atom stereocenters. The Hall–Kier alpha value is -3.28. The van der Waals surface area contributed by atoms with Crippen LogP contribution in [0.2, 0.25) is 0 Å². The smallest absolute Gasteiger partial charge is 0.222 e. The van der Waals surface area contributed by atoms with E-state index in [1.807, 2.05) is 37.3 Å². The van der Waals surface area contributed by atoms with E-state index in [0.717, 1.165) is 37.2 Å². The SMILES string of the molecule is CCc1nc(N)nc(N)c1Oc1cccc(CCCCc2ccc(OC)cc2)c1. The van der Waals surface area contributed by atoms with Gasteiger partial charge in [0.25, 0.3) is 0 Å². The second-order valence-corrected chi connectivity index (χ2v) is 6.90.